The number of hydrogen-bond acceptors (Lipinski definition) is 7. The van der Waals surface area contributed by atoms with Gasteiger partial charge in [0.05, 0.1) is 34.4 Å². The van der Waals surface area contributed by atoms with Gasteiger partial charge in [0.1, 0.15) is 13.2 Å². The zero-order chi connectivity index (χ0) is 69.0. The van der Waals surface area contributed by atoms with Crippen LogP contribution in [0.5, 0.6) is 0 Å². The van der Waals surface area contributed by atoms with E-state index in [1.54, 1.807) is 0 Å². The molecule has 2 atom stereocenters. The first-order valence-corrected chi connectivity index (χ1v) is 39.7. The lowest BCUT2D eigenvalue weighted by molar-refractivity contribution is -0.870. The number of carboxylic acid groups (broad SMARTS) is 1. The maximum Gasteiger partial charge on any atom is 0.361 e. The standard InChI is InChI=1S/C86H149NO8/c1-6-8-10-12-14-16-18-20-22-24-26-28-30-32-34-36-38-39-40-41-42-43-44-45-47-48-50-52-54-56-58-60-62-64-66-68-70-72-74-76-83(88)93-80-82(81-94-86(85(90)91)92-79-78-87(3,4)5)95-84(89)77-75-73-71-69-67-65-63-61-59-57-55-53-51-49-46-37-35-33-31-29-27-25-23-21-19-17-15-13-11-9-7-2/h9,11,15,17-18,20-21,23-24,26-27,29-30,32-33,35,46,49,53,55,82,86H,6-8,10,12-14,16,19,22,25,28,31,34,36-45,47-48,50-52,54,56-81H2,1-5H3/p+1/b11-9-,17-15-,20-18-,23-21-,26-24-,29-27-,32-30-,35-33-,49-46-,55-53-. The highest BCUT2D eigenvalue weighted by Crippen LogP contribution is 2.18. The topological polar surface area (TPSA) is 108 Å². The highest BCUT2D eigenvalue weighted by molar-refractivity contribution is 5.71. The summed E-state index contributed by atoms with van der Waals surface area (Å²) in [5.74, 6) is -2.00. The van der Waals surface area contributed by atoms with Crippen LogP contribution in [-0.2, 0) is 33.3 Å². The summed E-state index contributed by atoms with van der Waals surface area (Å²) in [6.45, 7) is 4.77. The number of carbonyl (C=O) groups is 3. The number of allylic oxidation sites excluding steroid dienone is 20. The predicted molar refractivity (Wildman–Crippen MR) is 410 cm³/mol. The number of nitrogens with zero attached hydrogens (tertiary/aromatic N) is 1. The lowest BCUT2D eigenvalue weighted by Gasteiger charge is -2.25. The van der Waals surface area contributed by atoms with Crippen molar-refractivity contribution in [3.8, 4) is 0 Å². The van der Waals surface area contributed by atoms with Crippen LogP contribution in [0.25, 0.3) is 0 Å². The minimum absolute atomic E-state index is 0.183. The van der Waals surface area contributed by atoms with E-state index in [0.717, 1.165) is 103 Å². The van der Waals surface area contributed by atoms with E-state index >= 15 is 0 Å². The van der Waals surface area contributed by atoms with E-state index in [9.17, 15) is 19.5 Å². The van der Waals surface area contributed by atoms with Crippen molar-refractivity contribution in [1.29, 1.82) is 0 Å². The number of esters is 2. The number of rotatable bonds is 73. The normalized spacial score (nSPS) is 13.3. The molecule has 0 aliphatic carbocycles. The molecule has 546 valence electrons. The van der Waals surface area contributed by atoms with Crippen molar-refractivity contribution in [3.05, 3.63) is 122 Å². The molecule has 2 unspecified atom stereocenters. The van der Waals surface area contributed by atoms with Crippen LogP contribution >= 0.6 is 0 Å². The number of aliphatic carboxylic acids is 1. The summed E-state index contributed by atoms with van der Waals surface area (Å²) in [6, 6.07) is 0. The monoisotopic (exact) mass is 1330 g/mol. The third-order valence-corrected chi connectivity index (χ3v) is 17.2. The number of ether oxygens (including phenoxy) is 4. The first-order chi connectivity index (χ1) is 46.6. The van der Waals surface area contributed by atoms with Crippen molar-refractivity contribution in [3.63, 3.8) is 0 Å². The van der Waals surface area contributed by atoms with Gasteiger partial charge < -0.3 is 28.5 Å². The van der Waals surface area contributed by atoms with E-state index in [-0.39, 0.29) is 32.2 Å². The van der Waals surface area contributed by atoms with Gasteiger partial charge in [-0.15, -0.1) is 0 Å². The Morgan fingerprint density at radius 1 is 0.326 bits per heavy atom. The predicted octanol–water partition coefficient (Wildman–Crippen LogP) is 25.5. The summed E-state index contributed by atoms with van der Waals surface area (Å²) in [5.41, 5.74) is 0. The lowest BCUT2D eigenvalue weighted by atomic mass is 10.0. The summed E-state index contributed by atoms with van der Waals surface area (Å²) in [6.07, 6.45) is 105. The molecule has 0 fully saturated rings. The maximum absolute atomic E-state index is 13.0. The molecule has 0 amide bonds. The molecular weight excluding hydrogens is 1170 g/mol. The van der Waals surface area contributed by atoms with Gasteiger partial charge in [0.2, 0.25) is 0 Å². The summed E-state index contributed by atoms with van der Waals surface area (Å²) < 4.78 is 23.0. The molecule has 0 radical (unpaired) electrons. The molecular formula is C86H150NO8+. The van der Waals surface area contributed by atoms with Crippen LogP contribution in [-0.4, -0.2) is 87.4 Å². The van der Waals surface area contributed by atoms with Crippen molar-refractivity contribution in [2.24, 2.45) is 0 Å². The average molecular weight is 1330 g/mol. The smallest absolute Gasteiger partial charge is 0.361 e. The van der Waals surface area contributed by atoms with Gasteiger partial charge in [0.25, 0.3) is 6.29 Å². The second-order valence-electron chi connectivity index (χ2n) is 27.6. The molecule has 0 spiro atoms. The fraction of sp³-hybridized carbons (Fsp3) is 0.733. The second kappa shape index (κ2) is 75.5. The third-order valence-electron chi connectivity index (χ3n) is 17.2. The van der Waals surface area contributed by atoms with Crippen LogP contribution in [0.3, 0.4) is 0 Å². The largest absolute Gasteiger partial charge is 0.477 e. The molecule has 0 aliphatic rings. The summed E-state index contributed by atoms with van der Waals surface area (Å²) in [7, 11) is 5.98. The zero-order valence-corrected chi connectivity index (χ0v) is 62.6. The van der Waals surface area contributed by atoms with Gasteiger partial charge in [0.15, 0.2) is 6.10 Å². The summed E-state index contributed by atoms with van der Waals surface area (Å²) >= 11 is 0. The fourth-order valence-electron chi connectivity index (χ4n) is 11.2. The van der Waals surface area contributed by atoms with Gasteiger partial charge >= 0.3 is 17.9 Å². The Labute approximate surface area is 587 Å². The first kappa shape index (κ1) is 90.7. The fourth-order valence-corrected chi connectivity index (χ4v) is 11.2. The number of likely N-dealkylation sites (N-methyl/N-ethyl adjacent to an activating group) is 1. The van der Waals surface area contributed by atoms with Crippen molar-refractivity contribution >= 4 is 17.9 Å². The average Bonchev–Trinajstić information content (AvgIpc) is 3.24. The number of carbonyl (C=O) groups excluding carboxylic acids is 2. The van der Waals surface area contributed by atoms with E-state index in [1.165, 1.54) is 212 Å². The molecule has 0 saturated heterocycles. The SMILES string of the molecule is CC/C=C\C/C=C\C/C=C\C/C=C\C/C=C\C/C=C\C/C=C\CCCCCCCCCCCC(=O)OC(COC(=O)CCCCCCCCCCCCCCCCCCCCCCCCCC/C=C\C/C=C\C/C=C\CCCCCCC)COC(OCC[N+](C)(C)C)C(=O)O. The molecule has 0 aromatic heterocycles. The minimum atomic E-state index is -1.52. The Morgan fingerprint density at radius 2 is 0.600 bits per heavy atom. The number of unbranched alkanes of at least 4 members (excludes halogenated alkanes) is 38. The van der Waals surface area contributed by atoms with Crippen LogP contribution in [0.1, 0.15) is 348 Å². The van der Waals surface area contributed by atoms with Crippen LogP contribution < -0.4 is 0 Å². The molecule has 0 rings (SSSR count). The second-order valence-corrected chi connectivity index (χ2v) is 27.6. The molecule has 1 N–H and O–H groups in total. The molecule has 0 heterocycles. The summed E-state index contributed by atoms with van der Waals surface area (Å²) in [5, 5.41) is 9.77. The van der Waals surface area contributed by atoms with Gasteiger partial charge in [0, 0.05) is 12.8 Å². The Kier molecular flexibility index (Phi) is 72.0. The molecule has 0 aromatic rings. The van der Waals surface area contributed by atoms with Gasteiger partial charge in [-0.3, -0.25) is 9.59 Å². The van der Waals surface area contributed by atoms with Crippen LogP contribution in [0.2, 0.25) is 0 Å². The third kappa shape index (κ3) is 76.9. The van der Waals surface area contributed by atoms with Gasteiger partial charge in [-0.1, -0.05) is 347 Å². The van der Waals surface area contributed by atoms with E-state index in [0.29, 0.717) is 23.9 Å². The molecule has 9 nitrogen and oxygen atoms in total. The minimum Gasteiger partial charge on any atom is -0.477 e. The molecule has 0 bridgehead atoms. The lowest BCUT2D eigenvalue weighted by Crippen LogP contribution is -2.40. The van der Waals surface area contributed by atoms with Crippen molar-refractivity contribution in [2.75, 3.05) is 47.5 Å². The summed E-state index contributed by atoms with van der Waals surface area (Å²) in [4.78, 5) is 37.7. The van der Waals surface area contributed by atoms with Crippen LogP contribution in [0.4, 0.5) is 0 Å². The van der Waals surface area contributed by atoms with Crippen molar-refractivity contribution in [1.82, 2.24) is 0 Å². The quantitative estimate of drug-likeness (QED) is 0.0211. The number of quaternary nitrogens is 1. The zero-order valence-electron chi connectivity index (χ0n) is 62.6. The Morgan fingerprint density at radius 3 is 0.895 bits per heavy atom. The van der Waals surface area contributed by atoms with Crippen LogP contribution in [0.15, 0.2) is 122 Å². The molecule has 9 heteroatoms. The first-order valence-electron chi connectivity index (χ1n) is 39.7. The number of hydrogen-bond donors (Lipinski definition) is 1. The Hall–Kier alpha value is -4.31. The number of carboxylic acids is 1. The van der Waals surface area contributed by atoms with Crippen LogP contribution in [0, 0.1) is 0 Å². The highest BCUT2D eigenvalue weighted by atomic mass is 16.7. The molecule has 0 aliphatic heterocycles. The van der Waals surface area contributed by atoms with Crippen molar-refractivity contribution < 1.29 is 42.9 Å². The van der Waals surface area contributed by atoms with E-state index < -0.39 is 24.3 Å². The van der Waals surface area contributed by atoms with Gasteiger partial charge in [-0.05, 0) is 109 Å². The molecule has 95 heavy (non-hydrogen) atoms. The van der Waals surface area contributed by atoms with Gasteiger partial charge in [-0.2, -0.15) is 0 Å². The van der Waals surface area contributed by atoms with E-state index in [4.69, 9.17) is 18.9 Å². The Balaban J connectivity index is 4.03. The van der Waals surface area contributed by atoms with E-state index in [1.807, 2.05) is 21.1 Å². The van der Waals surface area contributed by atoms with Gasteiger partial charge in [-0.25, -0.2) is 4.79 Å². The Bertz CT molecular complexity index is 1980. The maximum atomic E-state index is 13.0. The molecule has 0 saturated carbocycles. The molecule has 0 aromatic carbocycles. The van der Waals surface area contributed by atoms with E-state index in [2.05, 4.69) is 135 Å². The van der Waals surface area contributed by atoms with Crippen molar-refractivity contribution in [2.45, 2.75) is 360 Å². The highest BCUT2D eigenvalue weighted by Gasteiger charge is 2.25.